The van der Waals surface area contributed by atoms with Crippen molar-refractivity contribution in [3.63, 3.8) is 0 Å². The standard InChI is InChI=1S/C10H14O4/c1-5-6(2)8(10(13)14-4)7(3)9(11)12/h5-6,8H,1,3H2,2,4H3,(H,11,12). The monoisotopic (exact) mass is 198 g/mol. The van der Waals surface area contributed by atoms with E-state index >= 15 is 0 Å². The van der Waals surface area contributed by atoms with Gasteiger partial charge in [0.2, 0.25) is 0 Å². The van der Waals surface area contributed by atoms with Gasteiger partial charge in [-0.15, -0.1) is 6.58 Å². The summed E-state index contributed by atoms with van der Waals surface area (Å²) < 4.78 is 4.50. The Hall–Kier alpha value is -1.58. The molecule has 0 aromatic carbocycles. The number of methoxy groups -OCH3 is 1. The van der Waals surface area contributed by atoms with Gasteiger partial charge < -0.3 is 9.84 Å². The van der Waals surface area contributed by atoms with Crippen molar-refractivity contribution in [1.29, 1.82) is 0 Å². The number of carbonyl (C=O) groups is 2. The van der Waals surface area contributed by atoms with Crippen LogP contribution in [0.1, 0.15) is 6.92 Å². The van der Waals surface area contributed by atoms with Crippen LogP contribution in [0.5, 0.6) is 0 Å². The fourth-order valence-corrected chi connectivity index (χ4v) is 1.07. The van der Waals surface area contributed by atoms with E-state index in [-0.39, 0.29) is 11.5 Å². The minimum atomic E-state index is -1.20. The summed E-state index contributed by atoms with van der Waals surface area (Å²) in [4.78, 5) is 21.9. The van der Waals surface area contributed by atoms with E-state index in [0.717, 1.165) is 0 Å². The first-order valence-corrected chi connectivity index (χ1v) is 4.08. The van der Waals surface area contributed by atoms with Crippen molar-refractivity contribution in [3.8, 4) is 0 Å². The summed E-state index contributed by atoms with van der Waals surface area (Å²) in [5.41, 5.74) is -0.177. The number of rotatable bonds is 5. The molecule has 1 N–H and O–H groups in total. The van der Waals surface area contributed by atoms with Crippen molar-refractivity contribution in [2.24, 2.45) is 11.8 Å². The van der Waals surface area contributed by atoms with Crippen LogP contribution in [-0.4, -0.2) is 24.2 Å². The van der Waals surface area contributed by atoms with Crippen LogP contribution in [0.3, 0.4) is 0 Å². The van der Waals surface area contributed by atoms with Gasteiger partial charge in [0.25, 0.3) is 0 Å². The smallest absolute Gasteiger partial charge is 0.331 e. The molecule has 2 unspecified atom stereocenters. The molecule has 78 valence electrons. The highest BCUT2D eigenvalue weighted by Crippen LogP contribution is 2.22. The molecule has 0 aliphatic rings. The topological polar surface area (TPSA) is 63.6 Å². The van der Waals surface area contributed by atoms with Gasteiger partial charge in [0.15, 0.2) is 0 Å². The number of carboxylic acid groups (broad SMARTS) is 1. The fourth-order valence-electron chi connectivity index (χ4n) is 1.07. The molecule has 4 nitrogen and oxygen atoms in total. The van der Waals surface area contributed by atoms with E-state index in [1.807, 2.05) is 0 Å². The van der Waals surface area contributed by atoms with Gasteiger partial charge in [0.1, 0.15) is 0 Å². The van der Waals surface area contributed by atoms with E-state index < -0.39 is 17.9 Å². The van der Waals surface area contributed by atoms with Crippen LogP contribution >= 0.6 is 0 Å². The summed E-state index contributed by atoms with van der Waals surface area (Å²) in [5.74, 6) is -2.99. The first-order valence-electron chi connectivity index (χ1n) is 4.08. The molecule has 0 rings (SSSR count). The zero-order valence-corrected chi connectivity index (χ0v) is 8.32. The van der Waals surface area contributed by atoms with Gasteiger partial charge >= 0.3 is 11.9 Å². The van der Waals surface area contributed by atoms with Gasteiger partial charge in [-0.2, -0.15) is 0 Å². The van der Waals surface area contributed by atoms with Crippen LogP contribution in [0.25, 0.3) is 0 Å². The Morgan fingerprint density at radius 1 is 1.50 bits per heavy atom. The van der Waals surface area contributed by atoms with E-state index in [9.17, 15) is 9.59 Å². The third-order valence-electron chi connectivity index (χ3n) is 2.00. The Balaban J connectivity index is 4.90. The Labute approximate surface area is 82.9 Å². The van der Waals surface area contributed by atoms with E-state index in [1.165, 1.54) is 13.2 Å². The lowest BCUT2D eigenvalue weighted by Crippen LogP contribution is -2.27. The van der Waals surface area contributed by atoms with E-state index in [2.05, 4.69) is 17.9 Å². The quantitative estimate of drug-likeness (QED) is 0.410. The van der Waals surface area contributed by atoms with Crippen molar-refractivity contribution < 1.29 is 19.4 Å². The highest BCUT2D eigenvalue weighted by atomic mass is 16.5. The molecule has 14 heavy (non-hydrogen) atoms. The van der Waals surface area contributed by atoms with Crippen LogP contribution in [0.4, 0.5) is 0 Å². The van der Waals surface area contributed by atoms with E-state index in [1.54, 1.807) is 6.92 Å². The molecule has 4 heteroatoms. The second-order valence-electron chi connectivity index (χ2n) is 2.93. The van der Waals surface area contributed by atoms with Crippen LogP contribution in [0, 0.1) is 11.8 Å². The fraction of sp³-hybridized carbons (Fsp3) is 0.400. The number of ether oxygens (including phenoxy) is 1. The SMILES string of the molecule is C=CC(C)C(C(=C)C(=O)O)C(=O)OC. The van der Waals surface area contributed by atoms with Crippen molar-refractivity contribution in [1.82, 2.24) is 0 Å². The number of allylic oxidation sites excluding steroid dienone is 1. The van der Waals surface area contributed by atoms with Gasteiger partial charge in [-0.25, -0.2) is 4.79 Å². The highest BCUT2D eigenvalue weighted by molar-refractivity contribution is 5.93. The van der Waals surface area contributed by atoms with E-state index in [4.69, 9.17) is 5.11 Å². The molecule has 0 aromatic rings. The zero-order valence-electron chi connectivity index (χ0n) is 8.32. The molecular weight excluding hydrogens is 184 g/mol. The molecular formula is C10H14O4. The van der Waals surface area contributed by atoms with Crippen molar-refractivity contribution in [2.45, 2.75) is 6.92 Å². The average molecular weight is 198 g/mol. The summed E-state index contributed by atoms with van der Waals surface area (Å²) >= 11 is 0. The number of aliphatic carboxylic acids is 1. The third-order valence-corrected chi connectivity index (χ3v) is 2.00. The van der Waals surface area contributed by atoms with E-state index in [0.29, 0.717) is 0 Å². The summed E-state index contributed by atoms with van der Waals surface area (Å²) in [5, 5.41) is 8.70. The summed E-state index contributed by atoms with van der Waals surface area (Å²) in [6, 6.07) is 0. The first kappa shape index (κ1) is 12.4. The Bertz CT molecular complexity index is 267. The number of hydrogen-bond acceptors (Lipinski definition) is 3. The molecule has 0 aromatic heterocycles. The maximum absolute atomic E-state index is 11.3. The lowest BCUT2D eigenvalue weighted by molar-refractivity contribution is -0.147. The Morgan fingerprint density at radius 3 is 2.29 bits per heavy atom. The lowest BCUT2D eigenvalue weighted by Gasteiger charge is -2.18. The molecule has 0 saturated heterocycles. The van der Waals surface area contributed by atoms with Crippen molar-refractivity contribution in [3.05, 3.63) is 24.8 Å². The predicted molar refractivity (Wildman–Crippen MR) is 51.6 cm³/mol. The maximum atomic E-state index is 11.3. The average Bonchev–Trinajstić information content (AvgIpc) is 2.16. The van der Waals surface area contributed by atoms with Gasteiger partial charge in [-0.05, 0) is 5.92 Å². The third kappa shape index (κ3) is 2.73. The van der Waals surface area contributed by atoms with Gasteiger partial charge in [-0.1, -0.05) is 19.6 Å². The van der Waals surface area contributed by atoms with Gasteiger partial charge in [-0.3, -0.25) is 4.79 Å². The molecule has 0 saturated carbocycles. The Kier molecular flexibility index (Phi) is 4.63. The second kappa shape index (κ2) is 5.21. The number of carboxylic acids is 1. The van der Waals surface area contributed by atoms with Crippen LogP contribution in [0.15, 0.2) is 24.8 Å². The Morgan fingerprint density at radius 2 is 2.00 bits per heavy atom. The molecule has 0 heterocycles. The molecule has 0 amide bonds. The lowest BCUT2D eigenvalue weighted by atomic mass is 9.88. The van der Waals surface area contributed by atoms with Crippen LogP contribution in [0.2, 0.25) is 0 Å². The number of esters is 1. The zero-order chi connectivity index (χ0) is 11.3. The van der Waals surface area contributed by atoms with Crippen LogP contribution in [-0.2, 0) is 14.3 Å². The van der Waals surface area contributed by atoms with Gasteiger partial charge in [0.05, 0.1) is 13.0 Å². The maximum Gasteiger partial charge on any atom is 0.331 e. The predicted octanol–water partition coefficient (Wildman–Crippen LogP) is 1.24. The summed E-state index contributed by atoms with van der Waals surface area (Å²) in [6.45, 7) is 8.53. The van der Waals surface area contributed by atoms with Gasteiger partial charge in [0, 0.05) is 5.57 Å². The molecule has 2 atom stereocenters. The molecule has 0 spiro atoms. The van der Waals surface area contributed by atoms with Crippen LogP contribution < -0.4 is 0 Å². The summed E-state index contributed by atoms with van der Waals surface area (Å²) in [7, 11) is 1.21. The summed E-state index contributed by atoms with van der Waals surface area (Å²) in [6.07, 6.45) is 1.50. The number of hydrogen-bond donors (Lipinski definition) is 1. The molecule has 0 radical (unpaired) electrons. The van der Waals surface area contributed by atoms with Crippen molar-refractivity contribution >= 4 is 11.9 Å². The normalized spacial score (nSPS) is 13.9. The second-order valence-corrected chi connectivity index (χ2v) is 2.93. The first-order chi connectivity index (χ1) is 6.45. The molecule has 0 aliphatic heterocycles. The van der Waals surface area contributed by atoms with Crippen molar-refractivity contribution in [2.75, 3.05) is 7.11 Å². The molecule has 0 bridgehead atoms. The highest BCUT2D eigenvalue weighted by Gasteiger charge is 2.30. The molecule has 0 fully saturated rings. The number of carbonyl (C=O) groups excluding carboxylic acids is 1. The minimum absolute atomic E-state index is 0.177. The largest absolute Gasteiger partial charge is 0.478 e. The minimum Gasteiger partial charge on any atom is -0.478 e. The molecule has 0 aliphatic carbocycles.